The van der Waals surface area contributed by atoms with Crippen molar-refractivity contribution < 1.29 is 14.3 Å². The quantitative estimate of drug-likeness (QED) is 0.852. The highest BCUT2D eigenvalue weighted by atomic mass is 19.1. The molecule has 5 heteroatoms. The Labute approximate surface area is 159 Å². The van der Waals surface area contributed by atoms with Gasteiger partial charge < -0.3 is 15.3 Å². The van der Waals surface area contributed by atoms with Gasteiger partial charge in [-0.25, -0.2) is 4.39 Å². The molecule has 0 bridgehead atoms. The van der Waals surface area contributed by atoms with Crippen LogP contribution in [0.25, 0.3) is 0 Å². The maximum absolute atomic E-state index is 13.1. The molecule has 0 aromatic heterocycles. The van der Waals surface area contributed by atoms with Crippen LogP contribution in [-0.2, 0) is 24.2 Å². The molecule has 1 aliphatic carbocycles. The summed E-state index contributed by atoms with van der Waals surface area (Å²) in [6, 6.07) is 14.8. The number of aliphatic hydroxyl groups is 1. The summed E-state index contributed by atoms with van der Waals surface area (Å²) in [5.74, 6) is -0.525. The van der Waals surface area contributed by atoms with E-state index >= 15 is 0 Å². The third kappa shape index (κ3) is 3.89. The molecule has 4 nitrogen and oxygen atoms in total. The minimum atomic E-state index is -1.37. The van der Waals surface area contributed by atoms with E-state index in [1.54, 1.807) is 17.0 Å². The lowest BCUT2D eigenvalue weighted by atomic mass is 9.91. The van der Waals surface area contributed by atoms with Gasteiger partial charge in [0, 0.05) is 25.7 Å². The Morgan fingerprint density at radius 1 is 1.11 bits per heavy atom. The average Bonchev–Trinajstić information content (AvgIpc) is 3.09. The van der Waals surface area contributed by atoms with Crippen LogP contribution >= 0.6 is 0 Å². The van der Waals surface area contributed by atoms with Gasteiger partial charge in [0.15, 0.2) is 5.60 Å². The smallest absolute Gasteiger partial charge is 0.256 e. The van der Waals surface area contributed by atoms with Gasteiger partial charge in [-0.3, -0.25) is 4.79 Å². The van der Waals surface area contributed by atoms with Crippen molar-refractivity contribution in [2.24, 2.45) is 0 Å². The average molecular weight is 368 g/mol. The minimum Gasteiger partial charge on any atom is -0.379 e. The molecule has 0 saturated carbocycles. The highest BCUT2D eigenvalue weighted by Gasteiger charge is 2.42. The van der Waals surface area contributed by atoms with Gasteiger partial charge in [-0.15, -0.1) is 0 Å². The fourth-order valence-corrected chi connectivity index (χ4v) is 4.21. The Balaban J connectivity index is 1.37. The van der Waals surface area contributed by atoms with E-state index in [-0.39, 0.29) is 24.3 Å². The van der Waals surface area contributed by atoms with Crippen LogP contribution in [0, 0.1) is 5.82 Å². The van der Waals surface area contributed by atoms with Crippen molar-refractivity contribution in [3.05, 3.63) is 71.0 Å². The summed E-state index contributed by atoms with van der Waals surface area (Å²) in [4.78, 5) is 14.6. The largest absolute Gasteiger partial charge is 0.379 e. The summed E-state index contributed by atoms with van der Waals surface area (Å²) >= 11 is 0. The zero-order valence-electron chi connectivity index (χ0n) is 15.3. The third-order valence-corrected chi connectivity index (χ3v) is 5.72. The zero-order valence-corrected chi connectivity index (χ0v) is 15.3. The monoisotopic (exact) mass is 368 g/mol. The van der Waals surface area contributed by atoms with Gasteiger partial charge in [-0.2, -0.15) is 0 Å². The summed E-state index contributed by atoms with van der Waals surface area (Å²) in [5.41, 5.74) is 2.19. The van der Waals surface area contributed by atoms with E-state index in [1.807, 2.05) is 12.1 Å². The van der Waals surface area contributed by atoms with Crippen LogP contribution in [-0.4, -0.2) is 40.6 Å². The standard InChI is InChI=1S/C22H25FN2O2/c23-19-8-6-16(7-9-19)14-25-11-3-10-22(27,21(25)26)15-24-20-12-17-4-1-2-5-18(17)13-20/h1-2,4-9,20,24,27H,3,10-15H2/t22-/m1/s1. The van der Waals surface area contributed by atoms with Crippen LogP contribution in [0.3, 0.4) is 0 Å². The highest BCUT2D eigenvalue weighted by molar-refractivity contribution is 5.86. The molecule has 2 aromatic rings. The first-order valence-electron chi connectivity index (χ1n) is 9.60. The van der Waals surface area contributed by atoms with Crippen molar-refractivity contribution >= 4 is 5.91 Å². The van der Waals surface area contributed by atoms with Crippen molar-refractivity contribution in [2.75, 3.05) is 13.1 Å². The number of piperidine rings is 1. The predicted molar refractivity (Wildman–Crippen MR) is 102 cm³/mol. The van der Waals surface area contributed by atoms with Crippen LogP contribution in [0.2, 0.25) is 0 Å². The number of carbonyl (C=O) groups is 1. The SMILES string of the molecule is O=C1N(Cc2ccc(F)cc2)CCC[C@@]1(O)CNC1Cc2ccccc2C1. The number of halogens is 1. The fourth-order valence-electron chi connectivity index (χ4n) is 4.21. The third-order valence-electron chi connectivity index (χ3n) is 5.72. The van der Waals surface area contributed by atoms with Gasteiger partial charge in [0.1, 0.15) is 5.82 Å². The van der Waals surface area contributed by atoms with E-state index in [0.29, 0.717) is 19.5 Å². The van der Waals surface area contributed by atoms with E-state index < -0.39 is 5.60 Å². The van der Waals surface area contributed by atoms with Crippen LogP contribution in [0.4, 0.5) is 4.39 Å². The van der Waals surface area contributed by atoms with Gasteiger partial charge in [-0.1, -0.05) is 36.4 Å². The molecule has 1 aliphatic heterocycles. The van der Waals surface area contributed by atoms with E-state index in [0.717, 1.165) is 24.8 Å². The summed E-state index contributed by atoms with van der Waals surface area (Å²) in [6.45, 7) is 1.29. The summed E-state index contributed by atoms with van der Waals surface area (Å²) in [7, 11) is 0. The highest BCUT2D eigenvalue weighted by Crippen LogP contribution is 2.26. The number of hydrogen-bond acceptors (Lipinski definition) is 3. The maximum Gasteiger partial charge on any atom is 0.256 e. The van der Waals surface area contributed by atoms with Gasteiger partial charge >= 0.3 is 0 Å². The second-order valence-electron chi connectivity index (χ2n) is 7.74. The van der Waals surface area contributed by atoms with Gasteiger partial charge in [-0.05, 0) is 54.5 Å². The second-order valence-corrected chi connectivity index (χ2v) is 7.74. The topological polar surface area (TPSA) is 52.6 Å². The van der Waals surface area contributed by atoms with Crippen LogP contribution < -0.4 is 5.32 Å². The first-order valence-corrected chi connectivity index (χ1v) is 9.60. The number of carbonyl (C=O) groups excluding carboxylic acids is 1. The molecule has 1 atom stereocenters. The number of hydrogen-bond donors (Lipinski definition) is 2. The number of fused-ring (bicyclic) bond motifs is 1. The molecule has 27 heavy (non-hydrogen) atoms. The first kappa shape index (κ1) is 18.1. The molecule has 0 spiro atoms. The molecule has 1 saturated heterocycles. The van der Waals surface area contributed by atoms with Gasteiger partial charge in [0.2, 0.25) is 0 Å². The van der Waals surface area contributed by atoms with Crippen molar-refractivity contribution in [3.8, 4) is 0 Å². The Morgan fingerprint density at radius 2 is 1.78 bits per heavy atom. The van der Waals surface area contributed by atoms with Crippen molar-refractivity contribution in [1.82, 2.24) is 10.2 Å². The second kappa shape index (κ2) is 7.41. The Bertz CT molecular complexity index is 798. The molecular weight excluding hydrogens is 343 g/mol. The summed E-state index contributed by atoms with van der Waals surface area (Å²) < 4.78 is 13.1. The number of likely N-dealkylation sites (tertiary alicyclic amines) is 1. The number of nitrogens with one attached hydrogen (secondary N) is 1. The minimum absolute atomic E-state index is 0.235. The van der Waals surface area contributed by atoms with Crippen LogP contribution in [0.15, 0.2) is 48.5 Å². The maximum atomic E-state index is 13.1. The normalized spacial score (nSPS) is 22.9. The Hall–Kier alpha value is -2.24. The predicted octanol–water partition coefficient (Wildman–Crippen LogP) is 2.44. The van der Waals surface area contributed by atoms with Crippen LogP contribution in [0.5, 0.6) is 0 Å². The lowest BCUT2D eigenvalue weighted by Crippen LogP contribution is -2.58. The number of benzene rings is 2. The molecule has 0 unspecified atom stereocenters. The molecule has 2 aliphatic rings. The van der Waals surface area contributed by atoms with Crippen LogP contribution in [0.1, 0.15) is 29.5 Å². The molecule has 1 amide bonds. The molecule has 142 valence electrons. The van der Waals surface area contributed by atoms with Gasteiger partial charge in [0.05, 0.1) is 0 Å². The van der Waals surface area contributed by atoms with E-state index in [1.165, 1.54) is 23.3 Å². The lowest BCUT2D eigenvalue weighted by molar-refractivity contribution is -0.157. The molecule has 1 heterocycles. The van der Waals surface area contributed by atoms with E-state index in [2.05, 4.69) is 17.4 Å². The molecule has 1 fully saturated rings. The lowest BCUT2D eigenvalue weighted by Gasteiger charge is -2.39. The van der Waals surface area contributed by atoms with Crippen molar-refractivity contribution in [1.29, 1.82) is 0 Å². The molecule has 2 aromatic carbocycles. The zero-order chi connectivity index (χ0) is 18.9. The summed E-state index contributed by atoms with van der Waals surface area (Å²) in [6.07, 6.45) is 3.09. The number of nitrogens with zero attached hydrogens (tertiary/aromatic N) is 1. The summed E-state index contributed by atoms with van der Waals surface area (Å²) in [5, 5.41) is 14.4. The Kier molecular flexibility index (Phi) is 4.98. The van der Waals surface area contributed by atoms with E-state index in [4.69, 9.17) is 0 Å². The number of amides is 1. The van der Waals surface area contributed by atoms with E-state index in [9.17, 15) is 14.3 Å². The molecular formula is C22H25FN2O2. The molecule has 4 rings (SSSR count). The Morgan fingerprint density at radius 3 is 2.44 bits per heavy atom. The van der Waals surface area contributed by atoms with Gasteiger partial charge in [0.25, 0.3) is 5.91 Å². The first-order chi connectivity index (χ1) is 13.0. The fraction of sp³-hybridized carbons (Fsp3) is 0.409. The van der Waals surface area contributed by atoms with Crippen molar-refractivity contribution in [2.45, 2.75) is 43.9 Å². The van der Waals surface area contributed by atoms with Crippen molar-refractivity contribution in [3.63, 3.8) is 0 Å². The molecule has 2 N–H and O–H groups in total. The number of rotatable bonds is 5. The molecule has 0 radical (unpaired) electrons.